The topological polar surface area (TPSA) is 71.0 Å². The van der Waals surface area contributed by atoms with Crippen LogP contribution >= 0.6 is 0 Å². The van der Waals surface area contributed by atoms with Crippen molar-refractivity contribution in [3.8, 4) is 11.5 Å². The SMILES string of the molecule is O=C(N[C@H](CN1CCCC1)[C@H](O)c1ccc2c(c1)OCCO2)C(F)(F)CCc1ccc2ccccc2c1. The monoisotopic (exact) mass is 510 g/mol. The minimum atomic E-state index is -3.58. The van der Waals surface area contributed by atoms with Crippen molar-refractivity contribution < 1.29 is 28.2 Å². The number of hydrogen-bond acceptors (Lipinski definition) is 5. The van der Waals surface area contributed by atoms with Gasteiger partial charge in [-0.2, -0.15) is 8.78 Å². The molecule has 3 aromatic carbocycles. The van der Waals surface area contributed by atoms with Crippen LogP contribution in [0.2, 0.25) is 0 Å². The average molecular weight is 511 g/mol. The van der Waals surface area contributed by atoms with E-state index >= 15 is 8.78 Å². The minimum Gasteiger partial charge on any atom is -0.486 e. The molecule has 0 radical (unpaired) electrons. The average Bonchev–Trinajstić information content (AvgIpc) is 3.44. The molecule has 2 N–H and O–H groups in total. The summed E-state index contributed by atoms with van der Waals surface area (Å²) in [6.07, 6.45) is 0.267. The lowest BCUT2D eigenvalue weighted by molar-refractivity contribution is -0.148. The molecule has 1 fully saturated rings. The van der Waals surface area contributed by atoms with Gasteiger partial charge in [0.05, 0.1) is 6.04 Å². The summed E-state index contributed by atoms with van der Waals surface area (Å²) in [5.74, 6) is -3.88. The van der Waals surface area contributed by atoms with E-state index in [4.69, 9.17) is 9.47 Å². The third-order valence-corrected chi connectivity index (χ3v) is 7.13. The van der Waals surface area contributed by atoms with Crippen LogP contribution in [0, 0.1) is 0 Å². The van der Waals surface area contributed by atoms with Gasteiger partial charge < -0.3 is 24.8 Å². The molecule has 2 atom stereocenters. The van der Waals surface area contributed by atoms with Crippen molar-refractivity contribution in [2.45, 2.75) is 43.8 Å². The molecule has 2 aliphatic heterocycles. The predicted molar refractivity (Wildman–Crippen MR) is 137 cm³/mol. The highest BCUT2D eigenvalue weighted by Gasteiger charge is 2.40. The van der Waals surface area contributed by atoms with Crippen LogP contribution in [0.25, 0.3) is 10.8 Å². The van der Waals surface area contributed by atoms with Crippen LogP contribution < -0.4 is 14.8 Å². The maximum absolute atomic E-state index is 15.0. The molecule has 0 aliphatic carbocycles. The van der Waals surface area contributed by atoms with Crippen molar-refractivity contribution in [2.75, 3.05) is 32.8 Å². The van der Waals surface area contributed by atoms with Gasteiger partial charge in [0.15, 0.2) is 11.5 Å². The third kappa shape index (κ3) is 6.02. The van der Waals surface area contributed by atoms with Crippen molar-refractivity contribution in [2.24, 2.45) is 0 Å². The van der Waals surface area contributed by atoms with Crippen LogP contribution in [0.15, 0.2) is 60.7 Å². The molecule has 6 nitrogen and oxygen atoms in total. The van der Waals surface area contributed by atoms with Crippen molar-refractivity contribution in [1.82, 2.24) is 10.2 Å². The number of aliphatic hydroxyl groups excluding tert-OH is 1. The summed E-state index contributed by atoms with van der Waals surface area (Å²) in [5, 5.41) is 15.7. The Bertz CT molecular complexity index is 1250. The van der Waals surface area contributed by atoms with Gasteiger partial charge in [-0.05, 0) is 66.4 Å². The van der Waals surface area contributed by atoms with E-state index in [1.54, 1.807) is 18.2 Å². The van der Waals surface area contributed by atoms with Gasteiger partial charge in [0.25, 0.3) is 5.91 Å². The molecule has 5 rings (SSSR count). The molecular formula is C29H32F2N2O4. The number of fused-ring (bicyclic) bond motifs is 2. The summed E-state index contributed by atoms with van der Waals surface area (Å²) in [5.41, 5.74) is 1.23. The molecule has 0 aromatic heterocycles. The highest BCUT2D eigenvalue weighted by Crippen LogP contribution is 2.34. The summed E-state index contributed by atoms with van der Waals surface area (Å²) < 4.78 is 41.2. The lowest BCUT2D eigenvalue weighted by atomic mass is 9.99. The lowest BCUT2D eigenvalue weighted by Crippen LogP contribution is -2.51. The molecule has 2 aliphatic rings. The zero-order chi connectivity index (χ0) is 25.8. The molecule has 0 spiro atoms. The van der Waals surface area contributed by atoms with Gasteiger partial charge in [-0.15, -0.1) is 0 Å². The quantitative estimate of drug-likeness (QED) is 0.444. The number of likely N-dealkylation sites (tertiary alicyclic amines) is 1. The predicted octanol–water partition coefficient (Wildman–Crippen LogP) is 4.49. The number of carbonyl (C=O) groups is 1. The molecule has 3 aromatic rings. The van der Waals surface area contributed by atoms with E-state index in [-0.39, 0.29) is 13.0 Å². The van der Waals surface area contributed by atoms with Crippen LogP contribution in [0.3, 0.4) is 0 Å². The number of nitrogens with one attached hydrogen (secondary N) is 1. The number of halogens is 2. The summed E-state index contributed by atoms with van der Waals surface area (Å²) >= 11 is 0. The fourth-order valence-corrected chi connectivity index (χ4v) is 5.03. The Morgan fingerprint density at radius 3 is 2.49 bits per heavy atom. The van der Waals surface area contributed by atoms with Crippen LogP contribution in [-0.4, -0.2) is 60.7 Å². The van der Waals surface area contributed by atoms with Crippen LogP contribution in [0.4, 0.5) is 8.78 Å². The Kier molecular flexibility index (Phi) is 7.58. The highest BCUT2D eigenvalue weighted by molar-refractivity contribution is 5.84. The van der Waals surface area contributed by atoms with Crippen molar-refractivity contribution in [3.05, 3.63) is 71.8 Å². The normalized spacial score (nSPS) is 17.5. The Morgan fingerprint density at radius 2 is 1.70 bits per heavy atom. The van der Waals surface area contributed by atoms with Crippen LogP contribution in [0.1, 0.15) is 36.5 Å². The first kappa shape index (κ1) is 25.4. The van der Waals surface area contributed by atoms with E-state index in [9.17, 15) is 9.90 Å². The van der Waals surface area contributed by atoms with Crippen molar-refractivity contribution in [1.29, 1.82) is 0 Å². The van der Waals surface area contributed by atoms with Crippen molar-refractivity contribution in [3.63, 3.8) is 0 Å². The fourth-order valence-electron chi connectivity index (χ4n) is 5.03. The maximum atomic E-state index is 15.0. The number of ether oxygens (including phenoxy) is 2. The molecule has 196 valence electrons. The van der Waals surface area contributed by atoms with E-state index in [1.807, 2.05) is 42.5 Å². The molecule has 0 saturated carbocycles. The summed E-state index contributed by atoms with van der Waals surface area (Å²) in [6, 6.07) is 17.5. The van der Waals surface area contributed by atoms with Crippen LogP contribution in [-0.2, 0) is 11.2 Å². The molecule has 2 heterocycles. The van der Waals surface area contributed by atoms with Gasteiger partial charge in [-0.3, -0.25) is 4.79 Å². The summed E-state index contributed by atoms with van der Waals surface area (Å²) in [7, 11) is 0. The second-order valence-electron chi connectivity index (χ2n) is 9.82. The smallest absolute Gasteiger partial charge is 0.324 e. The number of rotatable bonds is 9. The van der Waals surface area contributed by atoms with E-state index in [0.29, 0.717) is 30.3 Å². The van der Waals surface area contributed by atoms with E-state index in [0.717, 1.165) is 42.3 Å². The second kappa shape index (κ2) is 11.0. The van der Waals surface area contributed by atoms with Gasteiger partial charge in [-0.25, -0.2) is 0 Å². The van der Waals surface area contributed by atoms with E-state index in [2.05, 4.69) is 10.2 Å². The third-order valence-electron chi connectivity index (χ3n) is 7.13. The number of amides is 1. The summed E-state index contributed by atoms with van der Waals surface area (Å²) in [4.78, 5) is 14.9. The maximum Gasteiger partial charge on any atom is 0.324 e. The van der Waals surface area contributed by atoms with Gasteiger partial charge in [-0.1, -0.05) is 48.5 Å². The Balaban J connectivity index is 1.28. The Labute approximate surface area is 215 Å². The number of benzene rings is 3. The van der Waals surface area contributed by atoms with Gasteiger partial charge in [0.2, 0.25) is 0 Å². The number of aryl methyl sites for hydroxylation is 1. The molecule has 8 heteroatoms. The van der Waals surface area contributed by atoms with Gasteiger partial charge >= 0.3 is 5.92 Å². The molecule has 37 heavy (non-hydrogen) atoms. The molecule has 0 bridgehead atoms. The number of carbonyl (C=O) groups excluding carboxylic acids is 1. The number of aliphatic hydroxyl groups is 1. The number of alkyl halides is 2. The number of nitrogens with zero attached hydrogens (tertiary/aromatic N) is 1. The molecular weight excluding hydrogens is 478 g/mol. The number of hydrogen-bond donors (Lipinski definition) is 2. The first-order valence-corrected chi connectivity index (χ1v) is 12.9. The summed E-state index contributed by atoms with van der Waals surface area (Å²) in [6.45, 7) is 2.72. The van der Waals surface area contributed by atoms with E-state index in [1.165, 1.54) is 0 Å². The van der Waals surface area contributed by atoms with Crippen molar-refractivity contribution >= 4 is 16.7 Å². The minimum absolute atomic E-state index is 0.0623. The molecule has 1 saturated heterocycles. The van der Waals surface area contributed by atoms with Gasteiger partial charge in [0, 0.05) is 13.0 Å². The Hall–Kier alpha value is -3.23. The zero-order valence-electron chi connectivity index (χ0n) is 20.7. The molecule has 0 unspecified atom stereocenters. The van der Waals surface area contributed by atoms with Crippen LogP contribution in [0.5, 0.6) is 11.5 Å². The zero-order valence-corrected chi connectivity index (χ0v) is 20.7. The lowest BCUT2D eigenvalue weighted by Gasteiger charge is -2.30. The fraction of sp³-hybridized carbons (Fsp3) is 0.414. The highest BCUT2D eigenvalue weighted by atomic mass is 19.3. The second-order valence-corrected chi connectivity index (χ2v) is 9.82. The van der Waals surface area contributed by atoms with E-state index < -0.39 is 30.4 Å². The van der Waals surface area contributed by atoms with Gasteiger partial charge in [0.1, 0.15) is 19.3 Å². The largest absolute Gasteiger partial charge is 0.486 e. The molecule has 1 amide bonds. The first-order valence-electron chi connectivity index (χ1n) is 12.9. The standard InChI is InChI=1S/C29H32F2N2O4/c30-29(31,12-11-20-7-8-21-5-1-2-6-22(21)17-20)28(35)32-24(19-33-13-3-4-14-33)27(34)23-9-10-25-26(18-23)37-16-15-36-25/h1-2,5-10,17-18,24,27,34H,3-4,11-16,19H2,(H,32,35)/t24-,27-/m1/s1. The Morgan fingerprint density at radius 1 is 0.973 bits per heavy atom. The first-order chi connectivity index (χ1) is 17.9.